The number of alkyl halides is 3. The summed E-state index contributed by atoms with van der Waals surface area (Å²) in [6, 6.07) is 5.31. The lowest BCUT2D eigenvalue weighted by atomic mass is 10.1. The van der Waals surface area contributed by atoms with Gasteiger partial charge in [-0.15, -0.1) is 23.4 Å². The number of nitrogens with one attached hydrogen (secondary N) is 3. The maximum absolute atomic E-state index is 12.5. The summed E-state index contributed by atoms with van der Waals surface area (Å²) in [5, 5.41) is 16.5. The predicted octanol–water partition coefficient (Wildman–Crippen LogP) is 3.63. The van der Waals surface area contributed by atoms with Crippen LogP contribution >= 0.6 is 11.3 Å². The van der Waals surface area contributed by atoms with Crippen molar-refractivity contribution in [1.82, 2.24) is 30.8 Å². The summed E-state index contributed by atoms with van der Waals surface area (Å²) in [5.74, 6) is -0.539. The minimum atomic E-state index is -4.80. The molecule has 1 saturated heterocycles. The van der Waals surface area contributed by atoms with Gasteiger partial charge in [0.2, 0.25) is 22.9 Å². The monoisotopic (exact) mass is 607 g/mol. The van der Waals surface area contributed by atoms with E-state index in [2.05, 4.69) is 31.0 Å². The molecule has 11 nitrogen and oxygen atoms in total. The Kier molecular flexibility index (Phi) is 10.4. The van der Waals surface area contributed by atoms with Crippen molar-refractivity contribution < 1.29 is 32.3 Å². The van der Waals surface area contributed by atoms with Crippen LogP contribution in [0, 0.1) is 0 Å². The highest BCUT2D eigenvalue weighted by Crippen LogP contribution is 2.24. The van der Waals surface area contributed by atoms with Crippen LogP contribution in [0.1, 0.15) is 49.1 Å². The Bertz CT molecular complexity index is 1340. The van der Waals surface area contributed by atoms with Gasteiger partial charge in [-0.1, -0.05) is 23.5 Å². The van der Waals surface area contributed by atoms with E-state index >= 15 is 0 Å². The number of hydrogen-bond acceptors (Lipinski definition) is 9. The molecule has 3 N–H and O–H groups in total. The second-order valence-corrected chi connectivity index (χ2v) is 10.9. The zero-order chi connectivity index (χ0) is 30.1. The highest BCUT2D eigenvalue weighted by molar-refractivity contribution is 7.15. The van der Waals surface area contributed by atoms with Gasteiger partial charge in [0.15, 0.2) is 0 Å². The summed E-state index contributed by atoms with van der Waals surface area (Å²) in [7, 11) is 1.75. The number of carbonyl (C=O) groups excluding carboxylic acids is 3. The number of unbranched alkanes of at least 4 members (excludes halogenated alkanes) is 1. The number of likely N-dealkylation sites (tertiary alicyclic amines) is 1. The van der Waals surface area contributed by atoms with Gasteiger partial charge in [-0.3, -0.25) is 24.7 Å². The molecule has 0 radical (unpaired) electrons. The molecule has 0 aliphatic carbocycles. The van der Waals surface area contributed by atoms with Crippen molar-refractivity contribution in [3.05, 3.63) is 58.5 Å². The fourth-order valence-electron chi connectivity index (χ4n) is 4.45. The van der Waals surface area contributed by atoms with Gasteiger partial charge in [-0.05, 0) is 62.0 Å². The molecule has 4 rings (SSSR count). The van der Waals surface area contributed by atoms with Crippen LogP contribution in [0.5, 0.6) is 5.75 Å². The van der Waals surface area contributed by atoms with Crippen LogP contribution in [0.15, 0.2) is 47.9 Å². The van der Waals surface area contributed by atoms with E-state index in [4.69, 9.17) is 0 Å². The van der Waals surface area contributed by atoms with E-state index in [-0.39, 0.29) is 36.4 Å². The maximum Gasteiger partial charge on any atom is 0.573 e. The number of aromatic nitrogens is 2. The minimum Gasteiger partial charge on any atom is -0.406 e. The molecule has 2 aliphatic heterocycles. The fourth-order valence-corrected chi connectivity index (χ4v) is 5.25. The SMILES string of the molecule is CN1NC(CCCCc2nnc(NC(=O)CN3CCCCC3=O)s2)=CC=C1NC(=O)Cc1cccc(OC(F)(F)F)c1. The third kappa shape index (κ3) is 9.75. The van der Waals surface area contributed by atoms with Crippen LogP contribution in [0.3, 0.4) is 0 Å². The first kappa shape index (κ1) is 30.8. The Balaban J connectivity index is 1.17. The van der Waals surface area contributed by atoms with E-state index in [0.717, 1.165) is 42.8 Å². The molecule has 1 aromatic carbocycles. The van der Waals surface area contributed by atoms with Crippen molar-refractivity contribution in [3.63, 3.8) is 0 Å². The first-order chi connectivity index (χ1) is 20.0. The van der Waals surface area contributed by atoms with Crippen LogP contribution in [-0.2, 0) is 27.2 Å². The second-order valence-electron chi connectivity index (χ2n) is 9.86. The number of halogens is 3. The number of benzene rings is 1. The zero-order valence-electron chi connectivity index (χ0n) is 23.0. The molecule has 0 saturated carbocycles. The van der Waals surface area contributed by atoms with E-state index in [1.165, 1.54) is 29.5 Å². The molecule has 1 aromatic heterocycles. The largest absolute Gasteiger partial charge is 0.573 e. The lowest BCUT2D eigenvalue weighted by Crippen LogP contribution is -2.42. The molecule has 0 atom stereocenters. The molecule has 0 bridgehead atoms. The van der Waals surface area contributed by atoms with Crippen molar-refractivity contribution in [3.8, 4) is 5.75 Å². The Morgan fingerprint density at radius 1 is 1.10 bits per heavy atom. The van der Waals surface area contributed by atoms with Gasteiger partial charge in [0.25, 0.3) is 0 Å². The number of aryl methyl sites for hydroxylation is 1. The first-order valence-electron chi connectivity index (χ1n) is 13.5. The average Bonchev–Trinajstić information content (AvgIpc) is 3.35. The maximum atomic E-state index is 12.5. The van der Waals surface area contributed by atoms with E-state index in [9.17, 15) is 27.6 Å². The van der Waals surface area contributed by atoms with E-state index in [0.29, 0.717) is 35.9 Å². The number of hydrazine groups is 1. The van der Waals surface area contributed by atoms with Crippen LogP contribution in [0.4, 0.5) is 18.3 Å². The smallest absolute Gasteiger partial charge is 0.406 e. The first-order valence-corrected chi connectivity index (χ1v) is 14.3. The molecule has 226 valence electrons. The summed E-state index contributed by atoms with van der Waals surface area (Å²) >= 11 is 1.32. The number of nitrogens with zero attached hydrogens (tertiary/aromatic N) is 4. The Morgan fingerprint density at radius 2 is 1.90 bits per heavy atom. The van der Waals surface area contributed by atoms with Crippen molar-refractivity contribution in [2.75, 3.05) is 25.5 Å². The average molecular weight is 608 g/mol. The predicted molar refractivity (Wildman–Crippen MR) is 149 cm³/mol. The molecular formula is C27H32F3N7O4S. The molecule has 0 spiro atoms. The molecule has 42 heavy (non-hydrogen) atoms. The quantitative estimate of drug-likeness (QED) is 0.312. The third-order valence-electron chi connectivity index (χ3n) is 6.44. The molecular weight excluding hydrogens is 575 g/mol. The van der Waals surface area contributed by atoms with Crippen LogP contribution in [0.2, 0.25) is 0 Å². The third-order valence-corrected chi connectivity index (χ3v) is 7.33. The standard InChI is InChI=1S/C27H32F3N7O4S/c1-36-21(31-22(38)16-18-7-6-9-20(15-18)41-27(28,29)30)13-12-19(35-36)8-2-3-10-24-33-34-26(42-24)32-23(39)17-37-14-5-4-11-25(37)40/h6-7,9,12-13,15,35H,2-5,8,10-11,14,16-17H2,1H3,(H,31,38)(H,32,34,39). The van der Waals surface area contributed by atoms with Crippen LogP contribution in [-0.4, -0.2) is 64.3 Å². The molecule has 2 aromatic rings. The molecule has 1 fully saturated rings. The van der Waals surface area contributed by atoms with Gasteiger partial charge in [0, 0.05) is 32.1 Å². The van der Waals surface area contributed by atoms with Crippen molar-refractivity contribution in [2.45, 2.75) is 57.7 Å². The van der Waals surface area contributed by atoms with Crippen LogP contribution in [0.25, 0.3) is 0 Å². The molecule has 2 aliphatic rings. The molecule has 3 heterocycles. The van der Waals surface area contributed by atoms with Crippen molar-refractivity contribution >= 4 is 34.2 Å². The number of piperidine rings is 1. The fraction of sp³-hybridized carbons (Fsp3) is 0.444. The second kappa shape index (κ2) is 14.2. The van der Waals surface area contributed by atoms with E-state index in [1.54, 1.807) is 29.1 Å². The summed E-state index contributed by atoms with van der Waals surface area (Å²) in [6.45, 7) is 0.626. The minimum absolute atomic E-state index is 0.00240. The summed E-state index contributed by atoms with van der Waals surface area (Å²) in [5.41, 5.74) is 4.53. The normalized spacial score (nSPS) is 15.5. The Labute approximate surface area is 244 Å². The number of amides is 3. The van der Waals surface area contributed by atoms with Gasteiger partial charge in [0.1, 0.15) is 16.6 Å². The lowest BCUT2D eigenvalue weighted by Gasteiger charge is -2.29. The van der Waals surface area contributed by atoms with E-state index < -0.39 is 6.36 Å². The number of ether oxygens (including phenoxy) is 1. The summed E-state index contributed by atoms with van der Waals surface area (Å²) in [6.07, 6.45) is 4.11. The Hall–Kier alpha value is -4.14. The van der Waals surface area contributed by atoms with Gasteiger partial charge in [-0.2, -0.15) is 0 Å². The van der Waals surface area contributed by atoms with Gasteiger partial charge in [-0.25, -0.2) is 0 Å². The summed E-state index contributed by atoms with van der Waals surface area (Å²) < 4.78 is 41.3. The number of carbonyl (C=O) groups is 3. The zero-order valence-corrected chi connectivity index (χ0v) is 23.8. The number of allylic oxidation sites excluding steroid dienone is 3. The molecule has 15 heteroatoms. The molecule has 3 amide bonds. The van der Waals surface area contributed by atoms with Gasteiger partial charge in [0.05, 0.1) is 13.0 Å². The lowest BCUT2D eigenvalue weighted by molar-refractivity contribution is -0.274. The highest BCUT2D eigenvalue weighted by Gasteiger charge is 2.31. The molecule has 0 unspecified atom stereocenters. The van der Waals surface area contributed by atoms with Crippen molar-refractivity contribution in [2.24, 2.45) is 0 Å². The number of anilines is 1. The summed E-state index contributed by atoms with van der Waals surface area (Å²) in [4.78, 5) is 38.2. The van der Waals surface area contributed by atoms with Crippen molar-refractivity contribution in [1.29, 1.82) is 0 Å². The van der Waals surface area contributed by atoms with E-state index in [1.807, 2.05) is 6.08 Å². The van der Waals surface area contributed by atoms with Gasteiger partial charge >= 0.3 is 6.36 Å². The number of hydrogen-bond donors (Lipinski definition) is 3. The Morgan fingerprint density at radius 3 is 2.67 bits per heavy atom. The topological polar surface area (TPSA) is 129 Å². The van der Waals surface area contributed by atoms with Gasteiger partial charge < -0.3 is 20.4 Å². The van der Waals surface area contributed by atoms with Crippen LogP contribution < -0.4 is 20.8 Å². The highest BCUT2D eigenvalue weighted by atomic mass is 32.1. The number of rotatable bonds is 12.